The molecule has 0 radical (unpaired) electrons. The van der Waals surface area contributed by atoms with Crippen molar-refractivity contribution in [3.8, 4) is 5.75 Å². The van der Waals surface area contributed by atoms with Crippen molar-refractivity contribution in [1.29, 1.82) is 0 Å². The van der Waals surface area contributed by atoms with E-state index in [0.29, 0.717) is 12.0 Å². The van der Waals surface area contributed by atoms with Crippen LogP contribution in [0.25, 0.3) is 0 Å². The number of hydrogen-bond acceptors (Lipinski definition) is 3. The van der Waals surface area contributed by atoms with Gasteiger partial charge in [0, 0.05) is 18.0 Å². The van der Waals surface area contributed by atoms with Crippen LogP contribution in [0.2, 0.25) is 0 Å². The summed E-state index contributed by atoms with van der Waals surface area (Å²) in [6, 6.07) is 14.9. The lowest BCUT2D eigenvalue weighted by molar-refractivity contribution is 0.0973. The first-order valence-electron chi connectivity index (χ1n) is 6.60. The molecule has 0 heterocycles. The zero-order valence-corrected chi connectivity index (χ0v) is 11.8. The van der Waals surface area contributed by atoms with Crippen LogP contribution in [-0.4, -0.2) is 12.9 Å². The Labute approximate surface area is 119 Å². The molecule has 104 valence electrons. The van der Waals surface area contributed by atoms with Crippen LogP contribution in [0.15, 0.2) is 48.5 Å². The van der Waals surface area contributed by atoms with Crippen LogP contribution >= 0.6 is 0 Å². The molecule has 2 N–H and O–H groups in total. The summed E-state index contributed by atoms with van der Waals surface area (Å²) >= 11 is 0. The summed E-state index contributed by atoms with van der Waals surface area (Å²) in [5.74, 6) is 0.813. The van der Waals surface area contributed by atoms with Crippen LogP contribution in [0.1, 0.15) is 33.9 Å². The monoisotopic (exact) mass is 269 g/mol. The average molecular weight is 269 g/mol. The Bertz CT molecular complexity index is 593. The van der Waals surface area contributed by atoms with E-state index in [4.69, 9.17) is 10.5 Å². The standard InChI is InChI=1S/C17H19NO2/c1-12-10-14(20-2)8-9-15(12)17(19)11-16(18)13-6-4-3-5-7-13/h3-10,16H,11,18H2,1-2H3. The first-order chi connectivity index (χ1) is 9.61. The molecule has 0 aromatic heterocycles. The summed E-state index contributed by atoms with van der Waals surface area (Å²) in [6.07, 6.45) is 0.303. The van der Waals surface area contributed by atoms with Gasteiger partial charge in [-0.25, -0.2) is 0 Å². The summed E-state index contributed by atoms with van der Waals surface area (Å²) in [4.78, 5) is 12.3. The van der Waals surface area contributed by atoms with Gasteiger partial charge < -0.3 is 10.5 Å². The molecule has 1 unspecified atom stereocenters. The third-order valence-corrected chi connectivity index (χ3v) is 3.37. The van der Waals surface area contributed by atoms with Gasteiger partial charge in [0.05, 0.1) is 7.11 Å². The van der Waals surface area contributed by atoms with E-state index in [-0.39, 0.29) is 11.8 Å². The number of Topliss-reactive ketones (excluding diaryl/α,β-unsaturated/α-hetero) is 1. The molecular formula is C17H19NO2. The summed E-state index contributed by atoms with van der Waals surface area (Å²) in [5.41, 5.74) is 8.69. The average Bonchev–Trinajstić information content (AvgIpc) is 2.47. The normalized spacial score (nSPS) is 11.9. The van der Waals surface area contributed by atoms with Crippen LogP contribution in [-0.2, 0) is 0 Å². The van der Waals surface area contributed by atoms with E-state index in [2.05, 4.69) is 0 Å². The number of ether oxygens (including phenoxy) is 1. The van der Waals surface area contributed by atoms with E-state index in [1.54, 1.807) is 19.2 Å². The summed E-state index contributed by atoms with van der Waals surface area (Å²) in [6.45, 7) is 1.91. The van der Waals surface area contributed by atoms with Crippen molar-refractivity contribution in [2.45, 2.75) is 19.4 Å². The minimum Gasteiger partial charge on any atom is -0.497 e. The fourth-order valence-electron chi connectivity index (χ4n) is 2.20. The van der Waals surface area contributed by atoms with Crippen molar-refractivity contribution >= 4 is 5.78 Å². The number of carbonyl (C=O) groups excluding carboxylic acids is 1. The van der Waals surface area contributed by atoms with Crippen LogP contribution in [0.4, 0.5) is 0 Å². The summed E-state index contributed by atoms with van der Waals surface area (Å²) in [7, 11) is 1.61. The van der Waals surface area contributed by atoms with Gasteiger partial charge >= 0.3 is 0 Å². The van der Waals surface area contributed by atoms with Gasteiger partial charge in [-0.05, 0) is 36.2 Å². The lowest BCUT2D eigenvalue weighted by Crippen LogP contribution is -2.16. The Morgan fingerprint density at radius 1 is 1.20 bits per heavy atom. The molecule has 20 heavy (non-hydrogen) atoms. The molecule has 0 aliphatic heterocycles. The predicted molar refractivity (Wildman–Crippen MR) is 80.0 cm³/mol. The second kappa shape index (κ2) is 6.35. The maximum absolute atomic E-state index is 12.3. The number of aryl methyl sites for hydroxylation is 1. The van der Waals surface area contributed by atoms with E-state index >= 15 is 0 Å². The van der Waals surface area contributed by atoms with Crippen molar-refractivity contribution in [1.82, 2.24) is 0 Å². The Morgan fingerprint density at radius 3 is 2.50 bits per heavy atom. The second-order valence-electron chi connectivity index (χ2n) is 4.83. The lowest BCUT2D eigenvalue weighted by atomic mass is 9.96. The zero-order valence-electron chi connectivity index (χ0n) is 11.8. The molecule has 0 aliphatic carbocycles. The third-order valence-electron chi connectivity index (χ3n) is 3.37. The molecule has 2 aromatic rings. The molecule has 0 fully saturated rings. The lowest BCUT2D eigenvalue weighted by Gasteiger charge is -2.12. The smallest absolute Gasteiger partial charge is 0.165 e. The van der Waals surface area contributed by atoms with E-state index in [1.807, 2.05) is 43.3 Å². The zero-order chi connectivity index (χ0) is 14.5. The third kappa shape index (κ3) is 3.25. The van der Waals surface area contributed by atoms with Gasteiger partial charge in [0.2, 0.25) is 0 Å². The Balaban J connectivity index is 2.12. The SMILES string of the molecule is COc1ccc(C(=O)CC(N)c2ccccc2)c(C)c1. The summed E-state index contributed by atoms with van der Waals surface area (Å²) in [5, 5.41) is 0. The molecule has 0 saturated heterocycles. The van der Waals surface area contributed by atoms with Crippen molar-refractivity contribution in [3.05, 3.63) is 65.2 Å². The largest absolute Gasteiger partial charge is 0.497 e. The van der Waals surface area contributed by atoms with Crippen LogP contribution in [0.5, 0.6) is 5.75 Å². The molecule has 2 rings (SSSR count). The van der Waals surface area contributed by atoms with Gasteiger partial charge in [-0.2, -0.15) is 0 Å². The van der Waals surface area contributed by atoms with E-state index in [9.17, 15) is 4.79 Å². The number of nitrogens with two attached hydrogens (primary N) is 1. The fraction of sp³-hybridized carbons (Fsp3) is 0.235. The molecular weight excluding hydrogens is 250 g/mol. The minimum atomic E-state index is -0.273. The quantitative estimate of drug-likeness (QED) is 0.847. The molecule has 0 saturated carbocycles. The minimum absolute atomic E-state index is 0.0570. The highest BCUT2D eigenvalue weighted by atomic mass is 16.5. The van der Waals surface area contributed by atoms with Crippen LogP contribution in [0.3, 0.4) is 0 Å². The fourth-order valence-corrected chi connectivity index (χ4v) is 2.20. The first kappa shape index (κ1) is 14.3. The number of ketones is 1. The Kier molecular flexibility index (Phi) is 4.53. The molecule has 0 amide bonds. The maximum atomic E-state index is 12.3. The molecule has 1 atom stereocenters. The maximum Gasteiger partial charge on any atom is 0.165 e. The number of carbonyl (C=O) groups is 1. The van der Waals surface area contributed by atoms with Gasteiger partial charge in [0.1, 0.15) is 5.75 Å². The van der Waals surface area contributed by atoms with Crippen molar-refractivity contribution < 1.29 is 9.53 Å². The van der Waals surface area contributed by atoms with Crippen LogP contribution < -0.4 is 10.5 Å². The topological polar surface area (TPSA) is 52.3 Å². The second-order valence-corrected chi connectivity index (χ2v) is 4.83. The Hall–Kier alpha value is -2.13. The molecule has 3 heteroatoms. The predicted octanol–water partition coefficient (Wildman–Crippen LogP) is 3.28. The number of benzene rings is 2. The van der Waals surface area contributed by atoms with Gasteiger partial charge in [0.25, 0.3) is 0 Å². The van der Waals surface area contributed by atoms with Crippen molar-refractivity contribution in [2.24, 2.45) is 5.73 Å². The van der Waals surface area contributed by atoms with E-state index < -0.39 is 0 Å². The van der Waals surface area contributed by atoms with Crippen molar-refractivity contribution in [2.75, 3.05) is 7.11 Å². The molecule has 0 aliphatic rings. The van der Waals surface area contributed by atoms with Gasteiger partial charge in [-0.15, -0.1) is 0 Å². The van der Waals surface area contributed by atoms with Gasteiger partial charge in [0.15, 0.2) is 5.78 Å². The molecule has 0 spiro atoms. The number of rotatable bonds is 5. The molecule has 3 nitrogen and oxygen atoms in total. The summed E-state index contributed by atoms with van der Waals surface area (Å²) < 4.78 is 5.14. The Morgan fingerprint density at radius 2 is 1.90 bits per heavy atom. The highest BCUT2D eigenvalue weighted by Gasteiger charge is 2.15. The van der Waals surface area contributed by atoms with Crippen molar-refractivity contribution in [3.63, 3.8) is 0 Å². The van der Waals surface area contributed by atoms with Gasteiger partial charge in [-0.1, -0.05) is 30.3 Å². The molecule has 2 aromatic carbocycles. The van der Waals surface area contributed by atoms with E-state index in [0.717, 1.165) is 16.9 Å². The highest BCUT2D eigenvalue weighted by molar-refractivity contribution is 5.98. The number of hydrogen-bond donors (Lipinski definition) is 1. The van der Waals surface area contributed by atoms with Gasteiger partial charge in [-0.3, -0.25) is 4.79 Å². The highest BCUT2D eigenvalue weighted by Crippen LogP contribution is 2.21. The molecule has 0 bridgehead atoms. The van der Waals surface area contributed by atoms with E-state index in [1.165, 1.54) is 0 Å². The van der Waals surface area contributed by atoms with Crippen LogP contribution in [0, 0.1) is 6.92 Å². The number of methoxy groups -OCH3 is 1. The first-order valence-corrected chi connectivity index (χ1v) is 6.60.